The number of hydrogen-bond donors (Lipinski definition) is 3. The predicted octanol–water partition coefficient (Wildman–Crippen LogP) is 0.870. The summed E-state index contributed by atoms with van der Waals surface area (Å²) >= 11 is 3.96. The first kappa shape index (κ1) is 11.3. The summed E-state index contributed by atoms with van der Waals surface area (Å²) in [6, 6.07) is 0. The third kappa shape index (κ3) is 4.23. The summed E-state index contributed by atoms with van der Waals surface area (Å²) in [7, 11) is 0. The molecule has 0 aromatic carbocycles. The third-order valence-electron chi connectivity index (χ3n) is 1.57. The van der Waals surface area contributed by atoms with Crippen molar-refractivity contribution in [2.75, 3.05) is 0 Å². The van der Waals surface area contributed by atoms with Gasteiger partial charge < -0.3 is 10.2 Å². The van der Waals surface area contributed by atoms with E-state index < -0.39 is 17.9 Å². The third-order valence-corrected chi connectivity index (χ3v) is 1.93. The SMILES string of the molecule is CC(S)C(CCC(=O)O)C(=O)O. The van der Waals surface area contributed by atoms with E-state index in [1.807, 2.05) is 0 Å². The van der Waals surface area contributed by atoms with E-state index in [0.717, 1.165) is 0 Å². The summed E-state index contributed by atoms with van der Waals surface area (Å²) in [4.78, 5) is 20.6. The van der Waals surface area contributed by atoms with Crippen LogP contribution in [-0.2, 0) is 9.59 Å². The Morgan fingerprint density at radius 1 is 1.42 bits per heavy atom. The Kier molecular flexibility index (Phi) is 4.73. The first-order chi connectivity index (χ1) is 5.45. The maximum Gasteiger partial charge on any atom is 0.307 e. The highest BCUT2D eigenvalue weighted by Crippen LogP contribution is 2.16. The topological polar surface area (TPSA) is 74.6 Å². The van der Waals surface area contributed by atoms with Gasteiger partial charge in [0.15, 0.2) is 0 Å². The normalized spacial score (nSPS) is 15.2. The monoisotopic (exact) mass is 192 g/mol. The maximum absolute atomic E-state index is 10.5. The fraction of sp³-hybridized carbons (Fsp3) is 0.714. The molecule has 0 spiro atoms. The Labute approximate surface area is 76.0 Å². The summed E-state index contributed by atoms with van der Waals surface area (Å²) < 4.78 is 0. The fourth-order valence-electron chi connectivity index (χ4n) is 0.850. The van der Waals surface area contributed by atoms with Crippen molar-refractivity contribution in [1.29, 1.82) is 0 Å². The summed E-state index contributed by atoms with van der Waals surface area (Å²) in [5.74, 6) is -2.64. The van der Waals surface area contributed by atoms with Gasteiger partial charge in [-0.1, -0.05) is 6.92 Å². The molecule has 70 valence electrons. The van der Waals surface area contributed by atoms with Crippen LogP contribution in [0.5, 0.6) is 0 Å². The zero-order valence-electron chi connectivity index (χ0n) is 6.73. The van der Waals surface area contributed by atoms with E-state index in [1.165, 1.54) is 0 Å². The van der Waals surface area contributed by atoms with Gasteiger partial charge in [0.1, 0.15) is 0 Å². The molecule has 0 amide bonds. The van der Waals surface area contributed by atoms with Crippen LogP contribution < -0.4 is 0 Å². The van der Waals surface area contributed by atoms with Gasteiger partial charge in [-0.2, -0.15) is 12.6 Å². The quantitative estimate of drug-likeness (QED) is 0.565. The molecule has 0 heterocycles. The van der Waals surface area contributed by atoms with Crippen LogP contribution in [0.15, 0.2) is 0 Å². The van der Waals surface area contributed by atoms with Crippen molar-refractivity contribution in [3.8, 4) is 0 Å². The minimum absolute atomic E-state index is 0.123. The lowest BCUT2D eigenvalue weighted by molar-refractivity contribution is -0.142. The summed E-state index contributed by atoms with van der Waals surface area (Å²) in [5.41, 5.74) is 0. The van der Waals surface area contributed by atoms with Crippen molar-refractivity contribution in [2.24, 2.45) is 5.92 Å². The number of carbonyl (C=O) groups is 2. The van der Waals surface area contributed by atoms with Crippen LogP contribution in [0, 0.1) is 5.92 Å². The number of carboxylic acids is 2. The zero-order valence-corrected chi connectivity index (χ0v) is 7.62. The van der Waals surface area contributed by atoms with Crippen molar-refractivity contribution in [3.05, 3.63) is 0 Å². The van der Waals surface area contributed by atoms with E-state index in [2.05, 4.69) is 12.6 Å². The average molecular weight is 192 g/mol. The molecule has 0 fully saturated rings. The molecule has 0 aromatic heterocycles. The average Bonchev–Trinajstić information content (AvgIpc) is 1.84. The van der Waals surface area contributed by atoms with Crippen molar-refractivity contribution in [3.63, 3.8) is 0 Å². The van der Waals surface area contributed by atoms with Gasteiger partial charge in [-0.3, -0.25) is 9.59 Å². The molecule has 12 heavy (non-hydrogen) atoms. The van der Waals surface area contributed by atoms with Gasteiger partial charge in [-0.05, 0) is 6.42 Å². The van der Waals surface area contributed by atoms with E-state index >= 15 is 0 Å². The van der Waals surface area contributed by atoms with Crippen LogP contribution in [-0.4, -0.2) is 27.4 Å². The molecule has 0 aromatic rings. The first-order valence-electron chi connectivity index (χ1n) is 3.57. The number of carboxylic acid groups (broad SMARTS) is 2. The van der Waals surface area contributed by atoms with Gasteiger partial charge >= 0.3 is 11.9 Å². The molecule has 0 bridgehead atoms. The second-order valence-electron chi connectivity index (χ2n) is 2.62. The van der Waals surface area contributed by atoms with E-state index in [-0.39, 0.29) is 18.1 Å². The second kappa shape index (κ2) is 5.03. The molecule has 5 heteroatoms. The molecule has 2 unspecified atom stereocenters. The van der Waals surface area contributed by atoms with Crippen LogP contribution in [0.3, 0.4) is 0 Å². The number of hydrogen-bond acceptors (Lipinski definition) is 3. The van der Waals surface area contributed by atoms with Crippen LogP contribution in [0.4, 0.5) is 0 Å². The van der Waals surface area contributed by atoms with Crippen molar-refractivity contribution >= 4 is 24.6 Å². The minimum Gasteiger partial charge on any atom is -0.481 e. The first-order valence-corrected chi connectivity index (χ1v) is 4.09. The largest absolute Gasteiger partial charge is 0.481 e. The van der Waals surface area contributed by atoms with Crippen LogP contribution in [0.1, 0.15) is 19.8 Å². The van der Waals surface area contributed by atoms with Gasteiger partial charge in [-0.25, -0.2) is 0 Å². The Balaban J connectivity index is 3.97. The summed E-state index contributed by atoms with van der Waals surface area (Å²) in [6.45, 7) is 1.64. The second-order valence-corrected chi connectivity index (χ2v) is 3.43. The highest BCUT2D eigenvalue weighted by molar-refractivity contribution is 7.81. The summed E-state index contributed by atoms with van der Waals surface area (Å²) in [5, 5.41) is 16.6. The fourth-order valence-corrected chi connectivity index (χ4v) is 1.13. The molecule has 0 saturated carbocycles. The lowest BCUT2D eigenvalue weighted by atomic mass is 10.0. The van der Waals surface area contributed by atoms with Gasteiger partial charge in [-0.15, -0.1) is 0 Å². The predicted molar refractivity (Wildman–Crippen MR) is 46.4 cm³/mol. The number of aliphatic carboxylic acids is 2. The van der Waals surface area contributed by atoms with E-state index in [1.54, 1.807) is 6.92 Å². The molecule has 2 N–H and O–H groups in total. The Bertz CT molecular complexity index is 178. The van der Waals surface area contributed by atoms with Crippen molar-refractivity contribution in [1.82, 2.24) is 0 Å². The molecule has 0 aliphatic heterocycles. The smallest absolute Gasteiger partial charge is 0.307 e. The van der Waals surface area contributed by atoms with Crippen LogP contribution >= 0.6 is 12.6 Å². The lowest BCUT2D eigenvalue weighted by Gasteiger charge is -2.13. The molecular weight excluding hydrogens is 180 g/mol. The molecular formula is C7H12O4S. The van der Waals surface area contributed by atoms with Crippen molar-refractivity contribution < 1.29 is 19.8 Å². The van der Waals surface area contributed by atoms with Gasteiger partial charge in [0.2, 0.25) is 0 Å². The Morgan fingerprint density at radius 3 is 2.17 bits per heavy atom. The van der Waals surface area contributed by atoms with Gasteiger partial charge in [0, 0.05) is 11.7 Å². The minimum atomic E-state index is -0.987. The molecule has 4 nitrogen and oxygen atoms in total. The Hall–Kier alpha value is -0.710. The van der Waals surface area contributed by atoms with Crippen LogP contribution in [0.25, 0.3) is 0 Å². The van der Waals surface area contributed by atoms with Gasteiger partial charge in [0.05, 0.1) is 5.92 Å². The van der Waals surface area contributed by atoms with E-state index in [0.29, 0.717) is 0 Å². The van der Waals surface area contributed by atoms with Crippen LogP contribution in [0.2, 0.25) is 0 Å². The highest BCUT2D eigenvalue weighted by Gasteiger charge is 2.22. The highest BCUT2D eigenvalue weighted by atomic mass is 32.1. The van der Waals surface area contributed by atoms with Gasteiger partial charge in [0.25, 0.3) is 0 Å². The lowest BCUT2D eigenvalue weighted by Crippen LogP contribution is -2.22. The summed E-state index contributed by atoms with van der Waals surface area (Å²) in [6.07, 6.45) is 0.0111. The Morgan fingerprint density at radius 2 is 1.92 bits per heavy atom. The standard InChI is InChI=1S/C7H12O4S/c1-4(12)5(7(10)11)2-3-6(8)9/h4-5,12H,2-3H2,1H3,(H,8,9)(H,10,11). The number of thiol groups is 1. The molecule has 0 rings (SSSR count). The molecule has 2 atom stereocenters. The van der Waals surface area contributed by atoms with E-state index in [9.17, 15) is 9.59 Å². The molecule has 0 aliphatic rings. The van der Waals surface area contributed by atoms with E-state index in [4.69, 9.17) is 10.2 Å². The maximum atomic E-state index is 10.5. The van der Waals surface area contributed by atoms with Crippen molar-refractivity contribution in [2.45, 2.75) is 25.0 Å². The molecule has 0 aliphatic carbocycles. The molecule has 0 radical (unpaired) electrons. The number of rotatable bonds is 5. The zero-order chi connectivity index (χ0) is 9.72. The molecule has 0 saturated heterocycles.